The predicted molar refractivity (Wildman–Crippen MR) is 69.8 cm³/mol. The van der Waals surface area contributed by atoms with E-state index in [1.54, 1.807) is 0 Å². The van der Waals surface area contributed by atoms with Gasteiger partial charge >= 0.3 is 0 Å². The number of amidine groups is 1. The summed E-state index contributed by atoms with van der Waals surface area (Å²) in [6.07, 6.45) is 0.425. The lowest BCUT2D eigenvalue weighted by atomic mass is 10.2. The maximum Gasteiger partial charge on any atom is 0.275 e. The number of nitrogens with two attached hydrogens (primary N) is 1. The lowest BCUT2D eigenvalue weighted by Crippen LogP contribution is -2.45. The van der Waals surface area contributed by atoms with E-state index < -0.39 is 0 Å². The van der Waals surface area contributed by atoms with Gasteiger partial charge in [0.1, 0.15) is 13.1 Å². The van der Waals surface area contributed by atoms with Crippen molar-refractivity contribution in [2.24, 2.45) is 5.73 Å². The molecule has 17 heavy (non-hydrogen) atoms. The van der Waals surface area contributed by atoms with Crippen molar-refractivity contribution < 1.29 is 9.31 Å². The second kappa shape index (κ2) is 5.07. The van der Waals surface area contributed by atoms with Gasteiger partial charge in [0, 0.05) is 5.02 Å². The highest BCUT2D eigenvalue weighted by Crippen LogP contribution is 2.11. The molecule has 1 aromatic carbocycles. The van der Waals surface area contributed by atoms with Crippen LogP contribution in [-0.2, 0) is 4.74 Å². The molecule has 1 heterocycles. The summed E-state index contributed by atoms with van der Waals surface area (Å²) in [5.74, 6) is 0.795. The Balaban J connectivity index is 2.27. The molecule has 0 aromatic heterocycles. The third-order valence-corrected chi connectivity index (χ3v) is 3.15. The van der Waals surface area contributed by atoms with E-state index in [9.17, 15) is 0 Å². The number of ether oxygens (including phenoxy) is 1. The van der Waals surface area contributed by atoms with E-state index >= 15 is 0 Å². The van der Waals surface area contributed by atoms with Gasteiger partial charge in [-0.25, -0.2) is 0 Å². The molecule has 0 bridgehead atoms. The van der Waals surface area contributed by atoms with Crippen LogP contribution in [-0.4, -0.2) is 35.7 Å². The molecule has 2 N–H and O–H groups in total. The number of halogens is 1. The molecule has 1 aromatic rings. The maximum absolute atomic E-state index is 6.19. The van der Waals surface area contributed by atoms with Gasteiger partial charge in [-0.3, -0.25) is 10.3 Å². The van der Waals surface area contributed by atoms with Gasteiger partial charge in [0.25, 0.3) is 5.84 Å². The van der Waals surface area contributed by atoms with Gasteiger partial charge in [-0.2, -0.15) is 0 Å². The Morgan fingerprint density at radius 2 is 1.76 bits per heavy atom. The fraction of sp³-hybridized carbons (Fsp3) is 0.462. The minimum Gasteiger partial charge on any atom is -0.367 e. The number of morpholine rings is 1. The number of hydrogen-bond donors (Lipinski definition) is 1. The monoisotopic (exact) mass is 253 g/mol. The third-order valence-electron chi connectivity index (χ3n) is 2.90. The quantitative estimate of drug-likeness (QED) is 0.613. The first-order valence-electron chi connectivity index (χ1n) is 5.85. The van der Waals surface area contributed by atoms with Crippen LogP contribution in [0.3, 0.4) is 0 Å². The zero-order valence-electron chi connectivity index (χ0n) is 10.2. The van der Waals surface area contributed by atoms with Crippen molar-refractivity contribution in [3.63, 3.8) is 0 Å². The summed E-state index contributed by atoms with van der Waals surface area (Å²) in [5, 5.41) is 0.727. The smallest absolute Gasteiger partial charge is 0.275 e. The van der Waals surface area contributed by atoms with Crippen LogP contribution in [0.25, 0.3) is 0 Å². The van der Waals surface area contributed by atoms with E-state index in [1.165, 1.54) is 0 Å². The lowest BCUT2D eigenvalue weighted by molar-refractivity contribution is -0.567. The Morgan fingerprint density at radius 1 is 1.24 bits per heavy atom. The van der Waals surface area contributed by atoms with Gasteiger partial charge in [0.15, 0.2) is 0 Å². The number of rotatable bonds is 1. The SMILES string of the molecule is C[C@@H]1C[N+](=C(N)c2ccc(Cl)cc2)C[C@H](C)O1. The second-order valence-corrected chi connectivity index (χ2v) is 4.99. The van der Waals surface area contributed by atoms with Crippen molar-refractivity contribution in [1.29, 1.82) is 0 Å². The summed E-state index contributed by atoms with van der Waals surface area (Å²) in [6, 6.07) is 7.61. The minimum absolute atomic E-state index is 0.213. The Labute approximate surface area is 107 Å². The number of nitrogens with zero attached hydrogens (tertiary/aromatic N) is 1. The van der Waals surface area contributed by atoms with Gasteiger partial charge < -0.3 is 4.74 Å². The van der Waals surface area contributed by atoms with Crippen molar-refractivity contribution in [2.75, 3.05) is 13.1 Å². The van der Waals surface area contributed by atoms with Crippen LogP contribution >= 0.6 is 11.6 Å². The highest BCUT2D eigenvalue weighted by molar-refractivity contribution is 6.30. The fourth-order valence-electron chi connectivity index (χ4n) is 2.18. The van der Waals surface area contributed by atoms with E-state index in [0.717, 1.165) is 29.5 Å². The van der Waals surface area contributed by atoms with Crippen LogP contribution in [0.5, 0.6) is 0 Å². The van der Waals surface area contributed by atoms with Crippen molar-refractivity contribution in [3.8, 4) is 0 Å². The maximum atomic E-state index is 6.19. The summed E-state index contributed by atoms with van der Waals surface area (Å²) in [7, 11) is 0. The summed E-state index contributed by atoms with van der Waals surface area (Å²) in [4.78, 5) is 0. The zero-order chi connectivity index (χ0) is 12.4. The fourth-order valence-corrected chi connectivity index (χ4v) is 2.30. The molecule has 4 heteroatoms. The van der Waals surface area contributed by atoms with E-state index in [4.69, 9.17) is 22.1 Å². The van der Waals surface area contributed by atoms with Crippen LogP contribution in [0.4, 0.5) is 0 Å². The first kappa shape index (κ1) is 12.4. The highest BCUT2D eigenvalue weighted by Gasteiger charge is 2.24. The summed E-state index contributed by atoms with van der Waals surface area (Å²) in [5.41, 5.74) is 7.20. The molecule has 0 spiro atoms. The van der Waals surface area contributed by atoms with E-state index in [2.05, 4.69) is 18.4 Å². The Hall–Kier alpha value is -1.06. The van der Waals surface area contributed by atoms with Gasteiger partial charge in [0.05, 0.1) is 17.8 Å². The number of hydrogen-bond acceptors (Lipinski definition) is 1. The summed E-state index contributed by atoms with van der Waals surface area (Å²) in [6.45, 7) is 5.80. The molecule has 1 aliphatic heterocycles. The first-order valence-corrected chi connectivity index (χ1v) is 6.23. The van der Waals surface area contributed by atoms with Crippen molar-refractivity contribution in [1.82, 2.24) is 0 Å². The Bertz CT molecular complexity index is 416. The molecular weight excluding hydrogens is 236 g/mol. The molecule has 0 aliphatic carbocycles. The van der Waals surface area contributed by atoms with Crippen LogP contribution < -0.4 is 5.73 Å². The molecule has 1 aliphatic rings. The van der Waals surface area contributed by atoms with E-state index in [0.29, 0.717) is 0 Å². The number of benzene rings is 1. The van der Waals surface area contributed by atoms with Crippen molar-refractivity contribution in [2.45, 2.75) is 26.1 Å². The van der Waals surface area contributed by atoms with Gasteiger partial charge in [0.2, 0.25) is 0 Å². The average molecular weight is 254 g/mol. The normalized spacial score (nSPS) is 27.9. The molecule has 1 fully saturated rings. The zero-order valence-corrected chi connectivity index (χ0v) is 10.9. The summed E-state index contributed by atoms with van der Waals surface area (Å²) < 4.78 is 7.86. The van der Waals surface area contributed by atoms with Crippen LogP contribution in [0, 0.1) is 0 Å². The minimum atomic E-state index is 0.213. The van der Waals surface area contributed by atoms with Gasteiger partial charge in [-0.15, -0.1) is 0 Å². The molecular formula is C13H18ClN2O+. The molecule has 0 unspecified atom stereocenters. The van der Waals surface area contributed by atoms with Crippen molar-refractivity contribution in [3.05, 3.63) is 34.9 Å². The molecule has 3 nitrogen and oxygen atoms in total. The standard InChI is InChI=1S/C13H17ClN2O/c1-9-7-16(8-10(2)17-9)13(15)11-3-5-12(14)6-4-11/h3-6,9-10,15H,7-8H2,1-2H3/p+1/t9-,10+. The lowest BCUT2D eigenvalue weighted by Gasteiger charge is -2.26. The molecule has 1 saturated heterocycles. The first-order chi connectivity index (χ1) is 8.06. The third kappa shape index (κ3) is 2.99. The Kier molecular flexibility index (Phi) is 3.69. The van der Waals surface area contributed by atoms with E-state index in [-0.39, 0.29) is 12.2 Å². The molecule has 92 valence electrons. The largest absolute Gasteiger partial charge is 0.367 e. The molecule has 0 saturated carbocycles. The van der Waals surface area contributed by atoms with Crippen LogP contribution in [0.15, 0.2) is 24.3 Å². The Morgan fingerprint density at radius 3 is 2.29 bits per heavy atom. The van der Waals surface area contributed by atoms with Crippen molar-refractivity contribution >= 4 is 17.4 Å². The highest BCUT2D eigenvalue weighted by atomic mass is 35.5. The molecule has 0 radical (unpaired) electrons. The summed E-state index contributed by atoms with van der Waals surface area (Å²) >= 11 is 5.86. The molecule has 2 rings (SSSR count). The van der Waals surface area contributed by atoms with Crippen LogP contribution in [0.2, 0.25) is 5.02 Å². The average Bonchev–Trinajstić information content (AvgIpc) is 2.28. The van der Waals surface area contributed by atoms with Gasteiger partial charge in [-0.1, -0.05) is 11.6 Å². The molecule has 0 amide bonds. The van der Waals surface area contributed by atoms with Crippen LogP contribution in [0.1, 0.15) is 19.4 Å². The topological polar surface area (TPSA) is 38.3 Å². The second-order valence-electron chi connectivity index (χ2n) is 4.55. The molecule has 2 atom stereocenters. The van der Waals surface area contributed by atoms with E-state index in [1.807, 2.05) is 24.3 Å². The van der Waals surface area contributed by atoms with Gasteiger partial charge in [-0.05, 0) is 38.1 Å². The predicted octanol–water partition coefficient (Wildman–Crippen LogP) is 1.87.